The van der Waals surface area contributed by atoms with Gasteiger partial charge in [0.1, 0.15) is 0 Å². The van der Waals surface area contributed by atoms with Gasteiger partial charge in [0.15, 0.2) is 0 Å². The summed E-state index contributed by atoms with van der Waals surface area (Å²) in [7, 11) is 3.58. The summed E-state index contributed by atoms with van der Waals surface area (Å²) in [6.45, 7) is 0. The number of ether oxygens (including phenoxy) is 1. The molecule has 3 nitrogen and oxygen atoms in total. The number of para-hydroxylation sites is 1. The number of rotatable bonds is 1. The molecule has 1 aromatic carbocycles. The molecule has 4 heteroatoms. The molecule has 1 aliphatic carbocycles. The van der Waals surface area contributed by atoms with Crippen molar-refractivity contribution in [3.8, 4) is 11.3 Å². The Balaban J connectivity index is 2.00. The number of aryl methyl sites for hydroxylation is 3. The van der Waals surface area contributed by atoms with Gasteiger partial charge in [-0.15, -0.1) is 0 Å². The summed E-state index contributed by atoms with van der Waals surface area (Å²) >= 11 is 0.122. The van der Waals surface area contributed by atoms with Crippen molar-refractivity contribution in [1.29, 1.82) is 0 Å². The van der Waals surface area contributed by atoms with Crippen LogP contribution in [-0.2, 0) is 24.6 Å². The molecular weight excluding hydrogens is 329 g/mol. The SMILES string of the molecule is COC(=O)c1cc2c([se]1)CCc1c-2n(C)c2ccccc12. The van der Waals surface area contributed by atoms with E-state index in [1.165, 1.54) is 39.3 Å². The van der Waals surface area contributed by atoms with E-state index in [2.05, 4.69) is 41.9 Å². The van der Waals surface area contributed by atoms with Crippen LogP contribution in [-0.4, -0.2) is 32.1 Å². The van der Waals surface area contributed by atoms with Gasteiger partial charge in [-0.25, -0.2) is 0 Å². The topological polar surface area (TPSA) is 31.2 Å². The van der Waals surface area contributed by atoms with Gasteiger partial charge in [0.2, 0.25) is 0 Å². The predicted octanol–water partition coefficient (Wildman–Crippen LogP) is 2.79. The van der Waals surface area contributed by atoms with Crippen molar-refractivity contribution in [1.82, 2.24) is 4.57 Å². The number of methoxy groups -OCH3 is 1. The van der Waals surface area contributed by atoms with Crippen molar-refractivity contribution in [2.24, 2.45) is 7.05 Å². The molecule has 4 rings (SSSR count). The van der Waals surface area contributed by atoms with E-state index >= 15 is 0 Å². The standard InChI is InChI=1S/C17H15NO2Se/c1-18-13-6-4-3-5-10(13)11-7-8-14-12(16(11)18)9-15(21-14)17(19)20-2/h3-6,9H,7-8H2,1-2H3. The second kappa shape index (κ2) is 4.62. The first-order valence-electron chi connectivity index (χ1n) is 6.98. The number of esters is 1. The summed E-state index contributed by atoms with van der Waals surface area (Å²) in [4.78, 5) is 11.8. The van der Waals surface area contributed by atoms with Crippen LogP contribution in [0.3, 0.4) is 0 Å². The van der Waals surface area contributed by atoms with E-state index in [0.29, 0.717) is 0 Å². The van der Waals surface area contributed by atoms with Crippen molar-refractivity contribution in [3.05, 3.63) is 44.8 Å². The molecule has 0 saturated carbocycles. The average molecular weight is 344 g/mol. The van der Waals surface area contributed by atoms with E-state index in [-0.39, 0.29) is 20.5 Å². The Morgan fingerprint density at radius 3 is 2.90 bits per heavy atom. The van der Waals surface area contributed by atoms with E-state index in [0.717, 1.165) is 17.3 Å². The minimum absolute atomic E-state index is 0.122. The molecule has 0 bridgehead atoms. The molecule has 0 fully saturated rings. The minimum atomic E-state index is -0.176. The second-order valence-electron chi connectivity index (χ2n) is 5.34. The average Bonchev–Trinajstić information content (AvgIpc) is 3.07. The zero-order chi connectivity index (χ0) is 14.6. The third-order valence-electron chi connectivity index (χ3n) is 4.26. The molecule has 0 atom stereocenters. The first-order valence-corrected chi connectivity index (χ1v) is 8.69. The van der Waals surface area contributed by atoms with Gasteiger partial charge in [-0.3, -0.25) is 0 Å². The Morgan fingerprint density at radius 1 is 1.29 bits per heavy atom. The zero-order valence-corrected chi connectivity index (χ0v) is 13.7. The van der Waals surface area contributed by atoms with E-state index in [1.54, 1.807) is 0 Å². The first-order chi connectivity index (χ1) is 10.2. The molecule has 2 aromatic heterocycles. The van der Waals surface area contributed by atoms with Crippen LogP contribution in [0, 0.1) is 0 Å². The number of hydrogen-bond donors (Lipinski definition) is 0. The quantitative estimate of drug-likeness (QED) is 0.502. The number of benzene rings is 1. The molecule has 0 saturated heterocycles. The number of carbonyl (C=O) groups excluding carboxylic acids is 1. The number of fused-ring (bicyclic) bond motifs is 5. The normalized spacial score (nSPS) is 13.0. The molecule has 1 aliphatic rings. The molecule has 21 heavy (non-hydrogen) atoms. The van der Waals surface area contributed by atoms with Crippen molar-refractivity contribution in [2.45, 2.75) is 12.8 Å². The predicted molar refractivity (Wildman–Crippen MR) is 84.0 cm³/mol. The summed E-state index contributed by atoms with van der Waals surface area (Å²) in [5, 5.41) is 1.34. The van der Waals surface area contributed by atoms with Crippen molar-refractivity contribution >= 4 is 31.4 Å². The fourth-order valence-electron chi connectivity index (χ4n) is 3.32. The van der Waals surface area contributed by atoms with Crippen molar-refractivity contribution in [2.75, 3.05) is 7.11 Å². The summed E-state index contributed by atoms with van der Waals surface area (Å²) in [6, 6.07) is 10.6. The molecule has 2 heterocycles. The van der Waals surface area contributed by atoms with Gasteiger partial charge in [0.05, 0.1) is 0 Å². The number of nitrogens with zero attached hydrogens (tertiary/aromatic N) is 1. The number of hydrogen-bond acceptors (Lipinski definition) is 2. The molecule has 106 valence electrons. The second-order valence-corrected chi connectivity index (χ2v) is 7.73. The molecule has 0 unspecified atom stereocenters. The van der Waals surface area contributed by atoms with E-state index < -0.39 is 0 Å². The van der Waals surface area contributed by atoms with Crippen molar-refractivity contribution < 1.29 is 9.53 Å². The maximum absolute atomic E-state index is 11.8. The van der Waals surface area contributed by atoms with E-state index in [4.69, 9.17) is 4.74 Å². The maximum atomic E-state index is 11.8. The monoisotopic (exact) mass is 345 g/mol. The summed E-state index contributed by atoms with van der Waals surface area (Å²) in [6.07, 6.45) is 2.13. The molecule has 0 radical (unpaired) electrons. The molecule has 0 amide bonds. The van der Waals surface area contributed by atoms with Crippen LogP contribution >= 0.6 is 0 Å². The molecule has 0 spiro atoms. The first kappa shape index (κ1) is 12.9. The Hall–Kier alpha value is -1.77. The third kappa shape index (κ3) is 1.76. The van der Waals surface area contributed by atoms with Gasteiger partial charge >= 0.3 is 129 Å². The van der Waals surface area contributed by atoms with Crippen LogP contribution < -0.4 is 0 Å². The van der Waals surface area contributed by atoms with Crippen LogP contribution in [0.5, 0.6) is 0 Å². The van der Waals surface area contributed by atoms with Gasteiger partial charge in [-0.1, -0.05) is 0 Å². The third-order valence-corrected chi connectivity index (χ3v) is 6.73. The Bertz CT molecular complexity index is 872. The van der Waals surface area contributed by atoms with Gasteiger partial charge in [-0.05, 0) is 0 Å². The fraction of sp³-hybridized carbons (Fsp3) is 0.235. The Morgan fingerprint density at radius 2 is 2.10 bits per heavy atom. The molecular formula is C17H15NO2Se. The van der Waals surface area contributed by atoms with E-state index in [9.17, 15) is 4.79 Å². The zero-order valence-electron chi connectivity index (χ0n) is 12.0. The molecule has 0 aliphatic heterocycles. The van der Waals surface area contributed by atoms with Crippen LogP contribution in [0.25, 0.3) is 22.2 Å². The Labute approximate surface area is 128 Å². The molecule has 0 N–H and O–H groups in total. The van der Waals surface area contributed by atoms with Crippen LogP contribution in [0.4, 0.5) is 0 Å². The summed E-state index contributed by atoms with van der Waals surface area (Å²) in [5.41, 5.74) is 5.24. The van der Waals surface area contributed by atoms with Gasteiger partial charge in [0, 0.05) is 0 Å². The molecule has 3 aromatic rings. The Kier molecular flexibility index (Phi) is 2.84. The van der Waals surface area contributed by atoms with Crippen LogP contribution in [0.15, 0.2) is 30.3 Å². The van der Waals surface area contributed by atoms with Gasteiger partial charge < -0.3 is 0 Å². The number of carbonyl (C=O) groups is 1. The fourth-order valence-corrected chi connectivity index (χ4v) is 5.59. The van der Waals surface area contributed by atoms with Gasteiger partial charge in [-0.2, -0.15) is 0 Å². The van der Waals surface area contributed by atoms with Crippen LogP contribution in [0.2, 0.25) is 0 Å². The van der Waals surface area contributed by atoms with Gasteiger partial charge in [0.25, 0.3) is 0 Å². The summed E-state index contributed by atoms with van der Waals surface area (Å²) < 4.78 is 9.43. The number of aromatic nitrogens is 1. The van der Waals surface area contributed by atoms with E-state index in [1.807, 2.05) is 0 Å². The van der Waals surface area contributed by atoms with Crippen molar-refractivity contribution in [3.63, 3.8) is 0 Å². The van der Waals surface area contributed by atoms with Crippen LogP contribution in [0.1, 0.15) is 19.2 Å². The summed E-state index contributed by atoms with van der Waals surface area (Å²) in [5.74, 6) is -0.176.